The molecule has 0 aromatic heterocycles. The summed E-state index contributed by atoms with van der Waals surface area (Å²) in [5, 5.41) is 45.4. The molecule has 8 fully saturated rings. The number of carboxylic acids is 1. The van der Waals surface area contributed by atoms with Crippen molar-refractivity contribution in [3.63, 3.8) is 0 Å². The van der Waals surface area contributed by atoms with E-state index < -0.39 is 113 Å². The average molecular weight is 889 g/mol. The molecule has 0 aliphatic carbocycles. The fourth-order valence-electron chi connectivity index (χ4n) is 12.5. The maximum atomic E-state index is 14.1. The van der Waals surface area contributed by atoms with Crippen LogP contribution >= 0.6 is 0 Å². The SMILES string of the molecule is CC1=C[C@@H](C)C[C@]2(C)CC[C@H](O2)[C@]23CC[C@](C(=O)O)(C[C@H](O2)[C@@H]2O[C@@](C)(CC2=O)[C@@H](O)[C@H]2CC[C@@]4(CCC[C@@H](O4)[C@H](C)C(=O)O[C@H]4C[C@H]([C@]5(O)OCC[C@H](C)[C@@H]5O)O[C@H]4C=C1)O2)O3. The molecule has 2 spiro atoms. The number of fused-ring (bicyclic) bond motifs is 10. The van der Waals surface area contributed by atoms with E-state index in [9.17, 15) is 34.8 Å². The summed E-state index contributed by atoms with van der Waals surface area (Å²) in [5.74, 6) is -7.29. The van der Waals surface area contributed by atoms with Crippen molar-refractivity contribution in [1.82, 2.24) is 0 Å². The molecule has 0 radical (unpaired) electrons. The van der Waals surface area contributed by atoms with Crippen molar-refractivity contribution in [2.45, 2.75) is 227 Å². The maximum Gasteiger partial charge on any atom is 0.336 e. The summed E-state index contributed by atoms with van der Waals surface area (Å²) in [7, 11) is 0. The fourth-order valence-corrected chi connectivity index (χ4v) is 12.5. The number of rotatable bonds is 2. The van der Waals surface area contributed by atoms with E-state index in [1.54, 1.807) is 13.8 Å². The number of Topliss-reactive ketones (excluding diaryl/α,β-unsaturated/α-hetero) is 1. The van der Waals surface area contributed by atoms with E-state index in [0.29, 0.717) is 57.8 Å². The van der Waals surface area contributed by atoms with E-state index in [1.807, 2.05) is 32.9 Å². The van der Waals surface area contributed by atoms with E-state index in [2.05, 4.69) is 13.0 Å². The van der Waals surface area contributed by atoms with Gasteiger partial charge in [-0.1, -0.05) is 37.6 Å². The third kappa shape index (κ3) is 8.18. The van der Waals surface area contributed by atoms with Gasteiger partial charge in [0.05, 0.1) is 36.4 Å². The summed E-state index contributed by atoms with van der Waals surface area (Å²) in [6.07, 6.45) is 2.32. The highest BCUT2D eigenvalue weighted by Gasteiger charge is 2.68. The molecule has 0 amide bonds. The Morgan fingerprint density at radius 3 is 2.37 bits per heavy atom. The summed E-state index contributed by atoms with van der Waals surface area (Å²) in [6, 6.07) is 0. The molecule has 63 heavy (non-hydrogen) atoms. The highest BCUT2D eigenvalue weighted by Crippen LogP contribution is 2.55. The lowest BCUT2D eigenvalue weighted by Crippen LogP contribution is -2.60. The molecule has 10 bridgehead atoms. The van der Waals surface area contributed by atoms with E-state index in [0.717, 1.165) is 5.57 Å². The minimum absolute atomic E-state index is 0.0310. The Morgan fingerprint density at radius 2 is 1.59 bits per heavy atom. The number of hydrogen-bond donors (Lipinski definition) is 4. The molecule has 0 aromatic carbocycles. The molecule has 16 nitrogen and oxygen atoms in total. The van der Waals surface area contributed by atoms with Crippen molar-refractivity contribution < 1.29 is 77.4 Å². The average Bonchev–Trinajstić information content (AvgIpc) is 4.06. The number of ether oxygens (including phenoxy) is 9. The number of aliphatic hydroxyl groups excluding tert-OH is 2. The third-order valence-electron chi connectivity index (χ3n) is 16.0. The van der Waals surface area contributed by atoms with Gasteiger partial charge < -0.3 is 63.1 Å². The van der Waals surface area contributed by atoms with Crippen molar-refractivity contribution in [2.24, 2.45) is 17.8 Å². The highest BCUT2D eigenvalue weighted by atomic mass is 16.8. The Hall–Kier alpha value is -2.35. The van der Waals surface area contributed by atoms with Crippen LogP contribution in [0, 0.1) is 17.8 Å². The van der Waals surface area contributed by atoms with E-state index >= 15 is 0 Å². The van der Waals surface area contributed by atoms with Crippen LogP contribution < -0.4 is 0 Å². The van der Waals surface area contributed by atoms with Gasteiger partial charge in [-0.2, -0.15) is 0 Å². The second-order valence-corrected chi connectivity index (χ2v) is 21.1. The number of carbonyl (C=O) groups is 3. The first kappa shape index (κ1) is 45.8. The topological polar surface area (TPSA) is 215 Å². The van der Waals surface area contributed by atoms with Gasteiger partial charge in [-0.3, -0.25) is 9.59 Å². The van der Waals surface area contributed by atoms with Crippen LogP contribution in [-0.2, 0) is 57.0 Å². The van der Waals surface area contributed by atoms with Crippen LogP contribution in [0.25, 0.3) is 0 Å². The Balaban J connectivity index is 1.01. The van der Waals surface area contributed by atoms with Crippen LogP contribution in [0.1, 0.15) is 131 Å². The molecule has 0 aromatic rings. The van der Waals surface area contributed by atoms with Gasteiger partial charge in [0.1, 0.15) is 48.3 Å². The van der Waals surface area contributed by atoms with Crippen molar-refractivity contribution in [3.8, 4) is 0 Å². The molecule has 9 heterocycles. The molecule has 0 unspecified atom stereocenters. The zero-order chi connectivity index (χ0) is 44.9. The largest absolute Gasteiger partial charge is 0.479 e. The number of aliphatic hydroxyl groups is 3. The minimum Gasteiger partial charge on any atom is -0.479 e. The Bertz CT molecular complexity index is 1860. The van der Waals surface area contributed by atoms with Gasteiger partial charge in [-0.25, -0.2) is 4.79 Å². The highest BCUT2D eigenvalue weighted by molar-refractivity contribution is 5.87. The van der Waals surface area contributed by atoms with Crippen LogP contribution in [0.15, 0.2) is 23.8 Å². The van der Waals surface area contributed by atoms with Crippen LogP contribution in [-0.4, -0.2) is 140 Å². The molecule has 0 saturated carbocycles. The van der Waals surface area contributed by atoms with E-state index in [1.165, 1.54) is 0 Å². The normalized spacial score (nSPS) is 52.9. The fraction of sp³-hybridized carbons (Fsp3) is 0.851. The standard InChI is InChI=1S/C47H68O16/c1-25-9-10-31-33(21-36(56-31)47(54)38(49)27(3)13-19-55-47)57-40(51)28(4)30-8-7-14-45(58-30)16-11-32(59-45)39(50)43(6)23-29(48)37(62-43)34-24-44(41(52)53)17-18-46(60-34,63-44)35-12-15-42(5,61-35)22-26(2)20-25/h9-10,20,26-28,30-39,49-50,54H,7-8,11-19,21-24H2,1-6H3,(H,52,53)/t26-,27+,28+,30-,31+,32-,33+,34+,35+,36-,37-,38+,39+,42+,43+,44-,45-,46-,47+/m1/s1. The van der Waals surface area contributed by atoms with Crippen molar-refractivity contribution in [3.05, 3.63) is 23.8 Å². The monoisotopic (exact) mass is 888 g/mol. The van der Waals surface area contributed by atoms with Gasteiger partial charge in [0.2, 0.25) is 5.79 Å². The summed E-state index contributed by atoms with van der Waals surface area (Å²) in [6.45, 7) is 11.6. The predicted octanol–water partition coefficient (Wildman–Crippen LogP) is 4.32. The quantitative estimate of drug-likeness (QED) is 0.284. The zero-order valence-corrected chi connectivity index (χ0v) is 37.5. The van der Waals surface area contributed by atoms with Crippen molar-refractivity contribution in [1.29, 1.82) is 0 Å². The summed E-state index contributed by atoms with van der Waals surface area (Å²) >= 11 is 0. The molecule has 9 rings (SSSR count). The second-order valence-electron chi connectivity index (χ2n) is 21.1. The van der Waals surface area contributed by atoms with Gasteiger partial charge in [0, 0.05) is 38.5 Å². The molecular formula is C47H68O16. The number of esters is 1. The summed E-state index contributed by atoms with van der Waals surface area (Å²) < 4.78 is 58.2. The first-order valence-electron chi connectivity index (χ1n) is 23.5. The van der Waals surface area contributed by atoms with Crippen LogP contribution in [0.5, 0.6) is 0 Å². The van der Waals surface area contributed by atoms with Gasteiger partial charge in [0.15, 0.2) is 23.0 Å². The smallest absolute Gasteiger partial charge is 0.336 e. The number of ketones is 1. The van der Waals surface area contributed by atoms with Crippen LogP contribution in [0.2, 0.25) is 0 Å². The van der Waals surface area contributed by atoms with Crippen LogP contribution in [0.4, 0.5) is 0 Å². The van der Waals surface area contributed by atoms with Gasteiger partial charge in [-0.05, 0) is 90.9 Å². The summed E-state index contributed by atoms with van der Waals surface area (Å²) in [5.41, 5.74) is -2.63. The number of allylic oxidation sites excluding steroid dienone is 3. The van der Waals surface area contributed by atoms with E-state index in [4.69, 9.17) is 42.6 Å². The van der Waals surface area contributed by atoms with Gasteiger partial charge >= 0.3 is 11.9 Å². The van der Waals surface area contributed by atoms with E-state index in [-0.39, 0.29) is 56.3 Å². The van der Waals surface area contributed by atoms with Gasteiger partial charge in [0.25, 0.3) is 0 Å². The number of aliphatic carboxylic acids is 1. The Labute approximate surface area is 369 Å². The second kappa shape index (κ2) is 16.5. The molecule has 8 saturated heterocycles. The lowest BCUT2D eigenvalue weighted by atomic mass is 9.87. The molecule has 9 aliphatic rings. The lowest BCUT2D eigenvalue weighted by Gasteiger charge is -2.46. The molecule has 16 heteroatoms. The molecule has 9 aliphatic heterocycles. The first-order valence-corrected chi connectivity index (χ1v) is 23.5. The minimum atomic E-state index is -1.99. The number of carbonyl (C=O) groups excluding carboxylic acids is 2. The Morgan fingerprint density at radius 1 is 0.810 bits per heavy atom. The third-order valence-corrected chi connectivity index (χ3v) is 16.0. The lowest BCUT2D eigenvalue weighted by molar-refractivity contribution is -0.358. The first-order chi connectivity index (χ1) is 29.7. The predicted molar refractivity (Wildman–Crippen MR) is 220 cm³/mol. The zero-order valence-electron chi connectivity index (χ0n) is 37.5. The Kier molecular flexibility index (Phi) is 12.0. The number of hydrogen-bond acceptors (Lipinski definition) is 15. The van der Waals surface area contributed by atoms with Crippen molar-refractivity contribution in [2.75, 3.05) is 6.61 Å². The summed E-state index contributed by atoms with van der Waals surface area (Å²) in [4.78, 5) is 40.9. The van der Waals surface area contributed by atoms with Crippen LogP contribution in [0.3, 0.4) is 0 Å². The molecular weight excluding hydrogens is 821 g/mol. The number of carboxylic acid groups (broad SMARTS) is 1. The van der Waals surface area contributed by atoms with Gasteiger partial charge in [-0.15, -0.1) is 0 Å². The van der Waals surface area contributed by atoms with Crippen molar-refractivity contribution >= 4 is 17.7 Å². The molecule has 19 atom stereocenters. The molecule has 352 valence electrons. The maximum absolute atomic E-state index is 14.1. The molecule has 4 N–H and O–H groups in total.